The molecule has 0 unspecified atom stereocenters. The minimum atomic E-state index is 0.792. The van der Waals surface area contributed by atoms with Crippen molar-refractivity contribution in [3.63, 3.8) is 0 Å². The van der Waals surface area contributed by atoms with E-state index in [1.807, 2.05) is 24.4 Å². The van der Waals surface area contributed by atoms with Gasteiger partial charge in [0.2, 0.25) is 0 Å². The smallest absolute Gasteiger partial charge is 0.0554 e. The van der Waals surface area contributed by atoms with Crippen LogP contribution in [0.15, 0.2) is 53.7 Å². The molecule has 0 fully saturated rings. The maximum atomic E-state index is 4.29. The monoisotopic (exact) mass is 199 g/mol. The van der Waals surface area contributed by atoms with Crippen molar-refractivity contribution in [3.8, 4) is 0 Å². The first-order valence-corrected chi connectivity index (χ1v) is 5.19. The topological polar surface area (TPSA) is 12.4 Å². The molecule has 0 atom stereocenters. The molecule has 78 valence electrons. The van der Waals surface area contributed by atoms with Crippen molar-refractivity contribution >= 4 is 6.21 Å². The van der Waals surface area contributed by atoms with E-state index < -0.39 is 0 Å². The Morgan fingerprint density at radius 2 is 2.13 bits per heavy atom. The van der Waals surface area contributed by atoms with Crippen LogP contribution in [0.4, 0.5) is 0 Å². The third kappa shape index (κ3) is 3.94. The van der Waals surface area contributed by atoms with Gasteiger partial charge in [0.05, 0.1) is 5.70 Å². The molecule has 0 saturated carbocycles. The van der Waals surface area contributed by atoms with Crippen LogP contribution >= 0.6 is 0 Å². The van der Waals surface area contributed by atoms with Gasteiger partial charge in [0.1, 0.15) is 0 Å². The van der Waals surface area contributed by atoms with Crippen LogP contribution in [-0.2, 0) is 0 Å². The quantitative estimate of drug-likeness (QED) is 0.515. The lowest BCUT2D eigenvalue weighted by atomic mass is 10.1. The molecule has 1 aromatic carbocycles. The van der Waals surface area contributed by atoms with Crippen molar-refractivity contribution < 1.29 is 0 Å². The predicted octanol–water partition coefficient (Wildman–Crippen LogP) is 3.89. The molecule has 0 spiro atoms. The number of aliphatic imine (C=N–C) groups is 1. The fraction of sp³-hybridized carbons (Fsp3) is 0.214. The summed E-state index contributed by atoms with van der Waals surface area (Å²) < 4.78 is 0. The fourth-order valence-corrected chi connectivity index (χ4v) is 1.18. The summed E-state index contributed by atoms with van der Waals surface area (Å²) in [5.41, 5.74) is 3.16. The Bertz CT molecular complexity index is 386. The molecule has 1 nitrogen and oxygen atoms in total. The second-order valence-electron chi connectivity index (χ2n) is 3.42. The van der Waals surface area contributed by atoms with Crippen LogP contribution in [0.3, 0.4) is 0 Å². The van der Waals surface area contributed by atoms with Gasteiger partial charge in [-0.25, -0.2) is 0 Å². The predicted molar refractivity (Wildman–Crippen MR) is 67.3 cm³/mol. The maximum Gasteiger partial charge on any atom is 0.0554 e. The second-order valence-corrected chi connectivity index (χ2v) is 3.42. The van der Waals surface area contributed by atoms with E-state index in [1.54, 1.807) is 0 Å². The standard InChI is InChI=1S/C14H17N/c1-4-5-9-13(3)15-11-14-10-7-6-8-12(14)2/h5-11H,3-4H2,1-2H3/b9-5-,15-11?. The van der Waals surface area contributed by atoms with Gasteiger partial charge in [0.15, 0.2) is 0 Å². The third-order valence-corrected chi connectivity index (χ3v) is 2.10. The highest BCUT2D eigenvalue weighted by atomic mass is 14.7. The number of nitrogens with zero attached hydrogens (tertiary/aromatic N) is 1. The average molecular weight is 199 g/mol. The van der Waals surface area contributed by atoms with Crippen LogP contribution in [0.5, 0.6) is 0 Å². The number of hydrogen-bond acceptors (Lipinski definition) is 1. The van der Waals surface area contributed by atoms with Gasteiger partial charge in [-0.2, -0.15) is 0 Å². The molecule has 1 heteroatoms. The Kier molecular flexibility index (Phi) is 4.55. The Balaban J connectivity index is 2.70. The molecule has 15 heavy (non-hydrogen) atoms. The highest BCUT2D eigenvalue weighted by molar-refractivity contribution is 5.82. The highest BCUT2D eigenvalue weighted by Gasteiger charge is 1.91. The summed E-state index contributed by atoms with van der Waals surface area (Å²) in [6.45, 7) is 8.02. The van der Waals surface area contributed by atoms with Gasteiger partial charge in [-0.05, 0) is 30.5 Å². The van der Waals surface area contributed by atoms with Gasteiger partial charge in [0, 0.05) is 6.21 Å². The van der Waals surface area contributed by atoms with Crippen molar-refractivity contribution in [2.24, 2.45) is 4.99 Å². The zero-order chi connectivity index (χ0) is 11.1. The number of aryl methyl sites for hydroxylation is 1. The van der Waals surface area contributed by atoms with Gasteiger partial charge >= 0.3 is 0 Å². The molecule has 0 N–H and O–H groups in total. The van der Waals surface area contributed by atoms with Crippen LogP contribution in [-0.4, -0.2) is 6.21 Å². The van der Waals surface area contributed by atoms with Crippen LogP contribution in [0, 0.1) is 6.92 Å². The van der Waals surface area contributed by atoms with Gasteiger partial charge < -0.3 is 0 Å². The van der Waals surface area contributed by atoms with Gasteiger partial charge in [0.25, 0.3) is 0 Å². The maximum absolute atomic E-state index is 4.29. The van der Waals surface area contributed by atoms with Gasteiger partial charge in [-0.15, -0.1) is 0 Å². The van der Waals surface area contributed by atoms with E-state index in [0.29, 0.717) is 0 Å². The molecule has 0 heterocycles. The first-order chi connectivity index (χ1) is 7.24. The zero-order valence-electron chi connectivity index (χ0n) is 9.40. The van der Waals surface area contributed by atoms with E-state index in [2.05, 4.69) is 43.6 Å². The molecule has 0 radical (unpaired) electrons. The Labute approximate surface area is 91.9 Å². The lowest BCUT2D eigenvalue weighted by Crippen LogP contribution is -1.85. The van der Waals surface area contributed by atoms with E-state index in [9.17, 15) is 0 Å². The van der Waals surface area contributed by atoms with Crippen molar-refractivity contribution in [1.29, 1.82) is 0 Å². The molecule has 1 aromatic rings. The summed E-state index contributed by atoms with van der Waals surface area (Å²) in [4.78, 5) is 4.29. The molecule has 1 rings (SSSR count). The molecule has 0 bridgehead atoms. The van der Waals surface area contributed by atoms with Crippen LogP contribution < -0.4 is 0 Å². The second kappa shape index (κ2) is 5.97. The number of allylic oxidation sites excluding steroid dienone is 2. The van der Waals surface area contributed by atoms with E-state index in [0.717, 1.165) is 17.7 Å². The minimum Gasteiger partial charge on any atom is -0.257 e. The number of benzene rings is 1. The third-order valence-electron chi connectivity index (χ3n) is 2.10. The molecule has 0 aromatic heterocycles. The molecule has 0 aliphatic rings. The zero-order valence-corrected chi connectivity index (χ0v) is 9.40. The van der Waals surface area contributed by atoms with Gasteiger partial charge in [-0.1, -0.05) is 43.8 Å². The molecule has 0 amide bonds. The lowest BCUT2D eigenvalue weighted by molar-refractivity contribution is 1.21. The van der Waals surface area contributed by atoms with Crippen LogP contribution in [0.1, 0.15) is 24.5 Å². The molecular formula is C14H17N. The average Bonchev–Trinajstić information content (AvgIpc) is 2.25. The Hall–Kier alpha value is -1.63. The van der Waals surface area contributed by atoms with Crippen molar-refractivity contribution in [2.45, 2.75) is 20.3 Å². The van der Waals surface area contributed by atoms with E-state index in [-0.39, 0.29) is 0 Å². The van der Waals surface area contributed by atoms with Crippen molar-refractivity contribution in [1.82, 2.24) is 0 Å². The summed E-state index contributed by atoms with van der Waals surface area (Å²) in [5.74, 6) is 0. The van der Waals surface area contributed by atoms with Crippen molar-refractivity contribution in [2.75, 3.05) is 0 Å². The SMILES string of the molecule is C=C(/C=C\CC)N=Cc1ccccc1C. The summed E-state index contributed by atoms with van der Waals surface area (Å²) >= 11 is 0. The first kappa shape index (κ1) is 11.4. The minimum absolute atomic E-state index is 0.792. The van der Waals surface area contributed by atoms with E-state index >= 15 is 0 Å². The first-order valence-electron chi connectivity index (χ1n) is 5.19. The van der Waals surface area contributed by atoms with Gasteiger partial charge in [-0.3, -0.25) is 4.99 Å². The van der Waals surface area contributed by atoms with Crippen LogP contribution in [0.25, 0.3) is 0 Å². The molecule has 0 aliphatic heterocycles. The highest BCUT2D eigenvalue weighted by Crippen LogP contribution is 2.05. The number of rotatable bonds is 4. The Morgan fingerprint density at radius 1 is 1.40 bits per heavy atom. The van der Waals surface area contributed by atoms with Crippen molar-refractivity contribution in [3.05, 3.63) is 59.8 Å². The lowest BCUT2D eigenvalue weighted by Gasteiger charge is -1.97. The summed E-state index contributed by atoms with van der Waals surface area (Å²) in [7, 11) is 0. The van der Waals surface area contributed by atoms with E-state index in [4.69, 9.17) is 0 Å². The molecule has 0 saturated heterocycles. The normalized spacial score (nSPS) is 11.3. The fourth-order valence-electron chi connectivity index (χ4n) is 1.18. The van der Waals surface area contributed by atoms with E-state index in [1.165, 1.54) is 5.56 Å². The number of hydrogen-bond donors (Lipinski definition) is 0. The molecular weight excluding hydrogens is 182 g/mol. The Morgan fingerprint density at radius 3 is 2.80 bits per heavy atom. The molecule has 0 aliphatic carbocycles. The summed E-state index contributed by atoms with van der Waals surface area (Å²) in [6, 6.07) is 8.17. The summed E-state index contributed by atoms with van der Waals surface area (Å²) in [5, 5.41) is 0. The summed E-state index contributed by atoms with van der Waals surface area (Å²) in [6.07, 6.45) is 6.86. The largest absolute Gasteiger partial charge is 0.257 e. The van der Waals surface area contributed by atoms with Crippen LogP contribution in [0.2, 0.25) is 0 Å².